The molecule has 0 unspecified atom stereocenters. The third-order valence-corrected chi connectivity index (χ3v) is 6.31. The van der Waals surface area contributed by atoms with Gasteiger partial charge in [0, 0.05) is 12.2 Å². The lowest BCUT2D eigenvalue weighted by atomic mass is 10.2. The highest BCUT2D eigenvalue weighted by Gasteiger charge is 2.28. The number of nitrogens with zero attached hydrogens (tertiary/aromatic N) is 3. The Morgan fingerprint density at radius 2 is 2.00 bits per heavy atom. The summed E-state index contributed by atoms with van der Waals surface area (Å²) in [5, 5.41) is 11.3. The standard InChI is InChI=1S/C19H17FN4OS2/c1-12(17(25)24-11-10-13-6-2-5-9-16(13)24)26-19-23-22-18(27-19)21-15-8-4-3-7-14(15)20/h2-9,12H,10-11H2,1H3,(H,21,22)/t12-/m0/s1. The van der Waals surface area contributed by atoms with Crippen molar-refractivity contribution < 1.29 is 9.18 Å². The normalized spacial score (nSPS) is 14.1. The number of hydrogen-bond donors (Lipinski definition) is 1. The zero-order chi connectivity index (χ0) is 18.8. The van der Waals surface area contributed by atoms with Crippen LogP contribution in [0.4, 0.5) is 20.9 Å². The van der Waals surface area contributed by atoms with Crippen LogP contribution in [0.15, 0.2) is 52.9 Å². The molecule has 5 nitrogen and oxygen atoms in total. The summed E-state index contributed by atoms with van der Waals surface area (Å²) in [6.45, 7) is 2.58. The predicted octanol–water partition coefficient (Wildman–Crippen LogP) is 4.49. The van der Waals surface area contributed by atoms with Gasteiger partial charge in [-0.05, 0) is 37.1 Å². The Balaban J connectivity index is 1.42. The minimum atomic E-state index is -0.349. The maximum atomic E-state index is 13.7. The third-order valence-electron chi connectivity index (χ3n) is 4.30. The van der Waals surface area contributed by atoms with E-state index in [0.717, 1.165) is 12.1 Å². The average molecular weight is 401 g/mol. The van der Waals surface area contributed by atoms with Gasteiger partial charge in [-0.3, -0.25) is 4.79 Å². The summed E-state index contributed by atoms with van der Waals surface area (Å²) in [5.41, 5.74) is 2.55. The summed E-state index contributed by atoms with van der Waals surface area (Å²) in [6, 6.07) is 14.4. The summed E-state index contributed by atoms with van der Waals surface area (Å²) in [4.78, 5) is 14.7. The molecule has 0 fully saturated rings. The molecule has 1 N–H and O–H groups in total. The fourth-order valence-electron chi connectivity index (χ4n) is 2.97. The van der Waals surface area contributed by atoms with Crippen molar-refractivity contribution >= 4 is 45.5 Å². The van der Waals surface area contributed by atoms with E-state index < -0.39 is 0 Å². The van der Waals surface area contributed by atoms with Gasteiger partial charge in [0.2, 0.25) is 11.0 Å². The van der Waals surface area contributed by atoms with Crippen LogP contribution in [-0.4, -0.2) is 27.9 Å². The van der Waals surface area contributed by atoms with Crippen molar-refractivity contribution in [1.82, 2.24) is 10.2 Å². The van der Waals surface area contributed by atoms with Crippen LogP contribution in [-0.2, 0) is 11.2 Å². The first-order valence-electron chi connectivity index (χ1n) is 8.53. The molecule has 2 heterocycles. The van der Waals surface area contributed by atoms with Crippen molar-refractivity contribution in [3.63, 3.8) is 0 Å². The van der Waals surface area contributed by atoms with E-state index in [1.807, 2.05) is 30.0 Å². The Morgan fingerprint density at radius 3 is 2.85 bits per heavy atom. The number of amides is 1. The Bertz CT molecular complexity index is 978. The predicted molar refractivity (Wildman–Crippen MR) is 107 cm³/mol. The summed E-state index contributed by atoms with van der Waals surface area (Å²) in [6.07, 6.45) is 0.884. The van der Waals surface area contributed by atoms with Crippen LogP contribution in [0.25, 0.3) is 0 Å². The number of aromatic nitrogens is 2. The molecule has 0 aliphatic carbocycles. The number of hydrogen-bond acceptors (Lipinski definition) is 6. The number of nitrogens with one attached hydrogen (secondary N) is 1. The van der Waals surface area contributed by atoms with Crippen molar-refractivity contribution in [3.05, 3.63) is 59.9 Å². The smallest absolute Gasteiger partial charge is 0.240 e. The van der Waals surface area contributed by atoms with Crippen LogP contribution in [0.2, 0.25) is 0 Å². The number of thioether (sulfide) groups is 1. The van der Waals surface area contributed by atoms with Gasteiger partial charge >= 0.3 is 0 Å². The highest BCUT2D eigenvalue weighted by Crippen LogP contribution is 2.34. The van der Waals surface area contributed by atoms with Gasteiger partial charge in [-0.15, -0.1) is 10.2 Å². The monoisotopic (exact) mass is 400 g/mol. The number of carbonyl (C=O) groups excluding carboxylic acids is 1. The van der Waals surface area contributed by atoms with Crippen molar-refractivity contribution in [1.29, 1.82) is 0 Å². The van der Waals surface area contributed by atoms with Gasteiger partial charge in [0.25, 0.3) is 0 Å². The molecule has 8 heteroatoms. The van der Waals surface area contributed by atoms with Gasteiger partial charge in [0.15, 0.2) is 4.34 Å². The molecular formula is C19H17FN4OS2. The second-order valence-corrected chi connectivity index (χ2v) is 8.67. The largest absolute Gasteiger partial charge is 0.328 e. The zero-order valence-corrected chi connectivity index (χ0v) is 16.2. The van der Waals surface area contributed by atoms with Crippen LogP contribution < -0.4 is 10.2 Å². The fourth-order valence-corrected chi connectivity index (χ4v) is 4.94. The second-order valence-electron chi connectivity index (χ2n) is 6.11. The molecule has 4 rings (SSSR count). The maximum absolute atomic E-state index is 13.7. The van der Waals surface area contributed by atoms with Crippen molar-refractivity contribution in [2.24, 2.45) is 0 Å². The SMILES string of the molecule is C[C@H](Sc1nnc(Nc2ccccc2F)s1)C(=O)N1CCc2ccccc21. The quantitative estimate of drug-likeness (QED) is 0.640. The average Bonchev–Trinajstić information content (AvgIpc) is 3.30. The lowest BCUT2D eigenvalue weighted by molar-refractivity contribution is -0.117. The van der Waals surface area contributed by atoms with Crippen molar-refractivity contribution in [3.8, 4) is 0 Å². The molecule has 27 heavy (non-hydrogen) atoms. The second kappa shape index (κ2) is 7.66. The molecule has 0 saturated carbocycles. The molecule has 0 bridgehead atoms. The molecule has 2 aromatic carbocycles. The molecule has 1 amide bonds. The minimum Gasteiger partial charge on any atom is -0.328 e. The summed E-state index contributed by atoms with van der Waals surface area (Å²) in [7, 11) is 0. The molecule has 1 aliphatic rings. The van der Waals surface area contributed by atoms with E-state index in [-0.39, 0.29) is 17.0 Å². The lowest BCUT2D eigenvalue weighted by Gasteiger charge is -2.20. The van der Waals surface area contributed by atoms with E-state index >= 15 is 0 Å². The van der Waals surface area contributed by atoms with Crippen LogP contribution in [0.1, 0.15) is 12.5 Å². The Morgan fingerprint density at radius 1 is 1.22 bits per heavy atom. The topological polar surface area (TPSA) is 58.1 Å². The van der Waals surface area contributed by atoms with Crippen LogP contribution in [0, 0.1) is 5.82 Å². The van der Waals surface area contributed by atoms with Gasteiger partial charge < -0.3 is 10.2 Å². The summed E-state index contributed by atoms with van der Waals surface area (Å²) < 4.78 is 14.4. The molecule has 1 atom stereocenters. The van der Waals surface area contributed by atoms with Crippen molar-refractivity contribution in [2.45, 2.75) is 22.9 Å². The third kappa shape index (κ3) is 3.81. The highest BCUT2D eigenvalue weighted by atomic mass is 32.2. The first-order chi connectivity index (χ1) is 13.1. The number of para-hydroxylation sites is 2. The van der Waals surface area contributed by atoms with Gasteiger partial charge in [0.1, 0.15) is 5.82 Å². The van der Waals surface area contributed by atoms with Crippen LogP contribution >= 0.6 is 23.1 Å². The Hall–Kier alpha value is -2.45. The highest BCUT2D eigenvalue weighted by molar-refractivity contribution is 8.02. The van der Waals surface area contributed by atoms with E-state index in [4.69, 9.17) is 0 Å². The van der Waals surface area contributed by atoms with Crippen LogP contribution in [0.3, 0.4) is 0 Å². The molecular weight excluding hydrogens is 383 g/mol. The first kappa shape index (κ1) is 17.9. The molecule has 0 radical (unpaired) electrons. The van der Waals surface area contributed by atoms with E-state index in [0.29, 0.717) is 21.7 Å². The number of rotatable bonds is 5. The van der Waals surface area contributed by atoms with Gasteiger partial charge in [-0.2, -0.15) is 0 Å². The maximum Gasteiger partial charge on any atom is 0.240 e. The number of benzene rings is 2. The molecule has 138 valence electrons. The Kier molecular flexibility index (Phi) is 5.09. The number of anilines is 3. The number of fused-ring (bicyclic) bond motifs is 1. The fraction of sp³-hybridized carbons (Fsp3) is 0.211. The van der Waals surface area contributed by atoms with E-state index in [1.54, 1.807) is 18.2 Å². The number of halogens is 1. The van der Waals surface area contributed by atoms with Gasteiger partial charge in [0.05, 0.1) is 10.9 Å². The van der Waals surface area contributed by atoms with Crippen LogP contribution in [0.5, 0.6) is 0 Å². The molecule has 0 spiro atoms. The summed E-state index contributed by atoms with van der Waals surface area (Å²) >= 11 is 2.67. The molecule has 3 aromatic rings. The lowest BCUT2D eigenvalue weighted by Crippen LogP contribution is -2.35. The van der Waals surface area contributed by atoms with E-state index in [1.165, 1.54) is 34.7 Å². The first-order valence-corrected chi connectivity index (χ1v) is 10.2. The van der Waals surface area contributed by atoms with Gasteiger partial charge in [-0.1, -0.05) is 53.4 Å². The van der Waals surface area contributed by atoms with E-state index in [2.05, 4.69) is 21.6 Å². The minimum absolute atomic E-state index is 0.0590. The van der Waals surface area contributed by atoms with E-state index in [9.17, 15) is 9.18 Å². The molecule has 0 saturated heterocycles. The van der Waals surface area contributed by atoms with Gasteiger partial charge in [-0.25, -0.2) is 4.39 Å². The summed E-state index contributed by atoms with van der Waals surface area (Å²) in [5.74, 6) is -0.290. The van der Waals surface area contributed by atoms with Crippen molar-refractivity contribution in [2.75, 3.05) is 16.8 Å². The number of carbonyl (C=O) groups is 1. The molecule has 1 aromatic heterocycles. The Labute approximate surface area is 164 Å². The molecule has 1 aliphatic heterocycles. The zero-order valence-electron chi connectivity index (χ0n) is 14.6.